The van der Waals surface area contributed by atoms with E-state index in [1.807, 2.05) is 0 Å². The van der Waals surface area contributed by atoms with Gasteiger partial charge in [-0.05, 0) is 24.3 Å². The number of nitrogen functional groups attached to an aromatic ring is 1. The van der Waals surface area contributed by atoms with Gasteiger partial charge in [0.2, 0.25) is 0 Å². The maximum Gasteiger partial charge on any atom is 0.116 e. The van der Waals surface area contributed by atoms with Crippen LogP contribution in [-0.4, -0.2) is 10.2 Å². The standard InChI is InChI=1S/C12H12ClNO2S/c1-7(15)5-11(8(2)13)17-12-6-9(16)3-4-10(12)14/h3-6,15-16H,1-2,14H2/b11-5+. The Bertz CT molecular complexity index is 497. The van der Waals surface area contributed by atoms with Crippen molar-refractivity contribution in [2.75, 3.05) is 5.73 Å². The summed E-state index contributed by atoms with van der Waals surface area (Å²) in [6.45, 7) is 6.92. The zero-order valence-electron chi connectivity index (χ0n) is 8.98. The minimum atomic E-state index is -0.131. The Labute approximate surface area is 109 Å². The van der Waals surface area contributed by atoms with Crippen molar-refractivity contribution in [3.63, 3.8) is 0 Å². The van der Waals surface area contributed by atoms with Crippen LogP contribution in [0.4, 0.5) is 5.69 Å². The molecule has 0 radical (unpaired) electrons. The van der Waals surface area contributed by atoms with Gasteiger partial charge in [-0.2, -0.15) is 0 Å². The summed E-state index contributed by atoms with van der Waals surface area (Å²) >= 11 is 6.98. The molecule has 0 saturated carbocycles. The number of rotatable bonds is 4. The molecule has 0 unspecified atom stereocenters. The van der Waals surface area contributed by atoms with Crippen molar-refractivity contribution in [1.82, 2.24) is 0 Å². The Kier molecular flexibility index (Phi) is 4.54. The number of aliphatic hydroxyl groups is 1. The van der Waals surface area contributed by atoms with Crippen LogP contribution in [0.25, 0.3) is 0 Å². The molecule has 3 nitrogen and oxygen atoms in total. The molecule has 1 rings (SSSR count). The molecule has 0 aliphatic rings. The van der Waals surface area contributed by atoms with Gasteiger partial charge in [-0.25, -0.2) is 0 Å². The number of hydrogen-bond donors (Lipinski definition) is 3. The van der Waals surface area contributed by atoms with Crippen LogP contribution in [0.15, 0.2) is 58.0 Å². The van der Waals surface area contributed by atoms with Crippen molar-refractivity contribution in [3.05, 3.63) is 53.1 Å². The van der Waals surface area contributed by atoms with Gasteiger partial charge in [0.25, 0.3) is 0 Å². The lowest BCUT2D eigenvalue weighted by Crippen LogP contribution is -1.89. The average molecular weight is 270 g/mol. The Morgan fingerprint density at radius 1 is 1.41 bits per heavy atom. The van der Waals surface area contributed by atoms with E-state index < -0.39 is 0 Å². The van der Waals surface area contributed by atoms with Crippen molar-refractivity contribution in [2.24, 2.45) is 0 Å². The van der Waals surface area contributed by atoms with Gasteiger partial charge in [-0.3, -0.25) is 0 Å². The molecule has 0 heterocycles. The van der Waals surface area contributed by atoms with Crippen LogP contribution in [0.5, 0.6) is 5.75 Å². The number of benzene rings is 1. The van der Waals surface area contributed by atoms with E-state index in [0.717, 1.165) is 0 Å². The molecule has 0 spiro atoms. The van der Waals surface area contributed by atoms with Gasteiger partial charge in [0.1, 0.15) is 11.5 Å². The highest BCUT2D eigenvalue weighted by atomic mass is 35.5. The van der Waals surface area contributed by atoms with Gasteiger partial charge >= 0.3 is 0 Å². The highest BCUT2D eigenvalue weighted by Crippen LogP contribution is 2.37. The summed E-state index contributed by atoms with van der Waals surface area (Å²) in [6, 6.07) is 4.58. The number of phenolic OH excluding ortho intramolecular Hbond substituents is 1. The molecule has 0 aliphatic carbocycles. The van der Waals surface area contributed by atoms with E-state index in [0.29, 0.717) is 15.5 Å². The molecule has 4 N–H and O–H groups in total. The summed E-state index contributed by atoms with van der Waals surface area (Å²) in [6.07, 6.45) is 1.38. The van der Waals surface area contributed by atoms with E-state index >= 15 is 0 Å². The Hall–Kier alpha value is -1.52. The normalized spacial score (nSPS) is 11.2. The van der Waals surface area contributed by atoms with Crippen molar-refractivity contribution < 1.29 is 10.2 Å². The summed E-state index contributed by atoms with van der Waals surface area (Å²) in [5, 5.41) is 18.7. The first-order valence-corrected chi connectivity index (χ1v) is 5.80. The largest absolute Gasteiger partial charge is 0.509 e. The van der Waals surface area contributed by atoms with Crippen LogP contribution in [0, 0.1) is 0 Å². The minimum Gasteiger partial charge on any atom is -0.509 e. The molecular weight excluding hydrogens is 258 g/mol. The molecule has 0 aliphatic heterocycles. The predicted molar refractivity (Wildman–Crippen MR) is 73.2 cm³/mol. The second kappa shape index (κ2) is 5.70. The van der Waals surface area contributed by atoms with Crippen LogP contribution in [-0.2, 0) is 0 Å². The van der Waals surface area contributed by atoms with E-state index in [1.54, 1.807) is 6.07 Å². The molecule has 0 aromatic heterocycles. The third kappa shape index (κ3) is 4.09. The average Bonchev–Trinajstić information content (AvgIpc) is 2.21. The third-order valence-corrected chi connectivity index (χ3v) is 3.26. The third-order valence-electron chi connectivity index (χ3n) is 1.78. The smallest absolute Gasteiger partial charge is 0.116 e. The molecular formula is C12H12ClNO2S. The lowest BCUT2D eigenvalue weighted by atomic mass is 10.3. The number of thioether (sulfide) groups is 1. The molecule has 0 saturated heterocycles. The second-order valence-corrected chi connectivity index (χ2v) is 4.77. The summed E-state index contributed by atoms with van der Waals surface area (Å²) in [5.41, 5.74) is 6.25. The number of allylic oxidation sites excluding steroid dienone is 2. The monoisotopic (exact) mass is 269 g/mol. The maximum atomic E-state index is 9.36. The molecule has 0 bridgehead atoms. The molecule has 90 valence electrons. The zero-order chi connectivity index (χ0) is 13.0. The number of aliphatic hydroxyl groups excluding tert-OH is 1. The van der Waals surface area contributed by atoms with Crippen LogP contribution >= 0.6 is 23.4 Å². The number of hydrogen-bond acceptors (Lipinski definition) is 4. The Balaban J connectivity index is 3.06. The maximum absolute atomic E-state index is 9.36. The lowest BCUT2D eigenvalue weighted by molar-refractivity contribution is 0.435. The number of aromatic hydroxyl groups is 1. The van der Waals surface area contributed by atoms with E-state index in [-0.39, 0.29) is 16.5 Å². The van der Waals surface area contributed by atoms with Crippen molar-refractivity contribution in [2.45, 2.75) is 4.90 Å². The second-order valence-electron chi connectivity index (χ2n) is 3.23. The first kappa shape index (κ1) is 13.5. The van der Waals surface area contributed by atoms with Gasteiger partial charge < -0.3 is 15.9 Å². The summed E-state index contributed by atoms with van der Waals surface area (Å²) in [5.74, 6) is -0.0305. The summed E-state index contributed by atoms with van der Waals surface area (Å²) < 4.78 is 0. The molecule has 1 aromatic rings. The number of nitrogens with two attached hydrogens (primary N) is 1. The topological polar surface area (TPSA) is 66.5 Å². The first-order chi connectivity index (χ1) is 7.90. The van der Waals surface area contributed by atoms with Crippen LogP contribution in [0.2, 0.25) is 0 Å². The SMILES string of the molecule is C=C(O)/C=C(/Sc1cc(O)ccc1N)C(=C)Cl. The molecule has 0 atom stereocenters. The highest BCUT2D eigenvalue weighted by Gasteiger charge is 2.08. The molecule has 1 aromatic carbocycles. The van der Waals surface area contributed by atoms with Crippen molar-refractivity contribution >= 4 is 29.1 Å². The Morgan fingerprint density at radius 3 is 2.59 bits per heavy atom. The fourth-order valence-corrected chi connectivity index (χ4v) is 2.12. The molecule has 17 heavy (non-hydrogen) atoms. The van der Waals surface area contributed by atoms with Crippen molar-refractivity contribution in [3.8, 4) is 5.75 Å². The zero-order valence-corrected chi connectivity index (χ0v) is 10.6. The number of halogens is 1. The number of anilines is 1. The molecule has 0 amide bonds. The van der Waals surface area contributed by atoms with E-state index in [9.17, 15) is 5.11 Å². The lowest BCUT2D eigenvalue weighted by Gasteiger charge is -2.08. The fourth-order valence-electron chi connectivity index (χ4n) is 1.04. The number of phenols is 1. The van der Waals surface area contributed by atoms with Gasteiger partial charge in [-0.15, -0.1) is 0 Å². The first-order valence-electron chi connectivity index (χ1n) is 4.61. The summed E-state index contributed by atoms with van der Waals surface area (Å²) in [7, 11) is 0. The van der Waals surface area contributed by atoms with E-state index in [1.165, 1.54) is 30.0 Å². The predicted octanol–water partition coefficient (Wildman–Crippen LogP) is 3.77. The quantitative estimate of drug-likeness (QED) is 0.256. The van der Waals surface area contributed by atoms with Crippen LogP contribution < -0.4 is 5.73 Å². The van der Waals surface area contributed by atoms with Crippen LogP contribution in [0.1, 0.15) is 0 Å². The van der Waals surface area contributed by atoms with Crippen molar-refractivity contribution in [1.29, 1.82) is 0 Å². The van der Waals surface area contributed by atoms with E-state index in [2.05, 4.69) is 13.2 Å². The van der Waals surface area contributed by atoms with Gasteiger partial charge in [-0.1, -0.05) is 36.5 Å². The van der Waals surface area contributed by atoms with Gasteiger partial charge in [0.05, 0.1) is 0 Å². The minimum absolute atomic E-state index is 0.101. The highest BCUT2D eigenvalue weighted by molar-refractivity contribution is 8.03. The summed E-state index contributed by atoms with van der Waals surface area (Å²) in [4.78, 5) is 1.13. The Morgan fingerprint density at radius 2 is 2.06 bits per heavy atom. The van der Waals surface area contributed by atoms with E-state index in [4.69, 9.17) is 22.4 Å². The molecule has 5 heteroatoms. The van der Waals surface area contributed by atoms with Crippen LogP contribution in [0.3, 0.4) is 0 Å². The fraction of sp³-hybridized carbons (Fsp3) is 0. The molecule has 0 fully saturated rings. The van der Waals surface area contributed by atoms with Gasteiger partial charge in [0, 0.05) is 20.5 Å². The van der Waals surface area contributed by atoms with Gasteiger partial charge in [0.15, 0.2) is 0 Å².